The van der Waals surface area contributed by atoms with E-state index in [1.165, 1.54) is 6.92 Å². The van der Waals surface area contributed by atoms with E-state index < -0.39 is 47.6 Å². The third-order valence-corrected chi connectivity index (χ3v) is 3.82. The molecule has 2 aliphatic heterocycles. The van der Waals surface area contributed by atoms with Crippen molar-refractivity contribution in [3.8, 4) is 0 Å². The lowest BCUT2D eigenvalue weighted by molar-refractivity contribution is -0.160. The predicted molar refractivity (Wildman–Crippen MR) is 65.2 cm³/mol. The first-order valence-corrected chi connectivity index (χ1v) is 6.47. The Morgan fingerprint density at radius 1 is 1.41 bits per heavy atom. The molecule has 2 saturated heterocycles. The van der Waals surface area contributed by atoms with Gasteiger partial charge in [0.2, 0.25) is 0 Å². The fourth-order valence-corrected chi connectivity index (χ4v) is 2.62. The van der Waals surface area contributed by atoms with E-state index in [4.69, 9.17) is 9.47 Å². The van der Waals surface area contributed by atoms with Crippen LogP contribution in [-0.2, 0) is 38.1 Å². The van der Waals surface area contributed by atoms with Crippen LogP contribution in [0.15, 0.2) is 0 Å². The van der Waals surface area contributed by atoms with E-state index in [0.717, 1.165) is 7.11 Å². The molecule has 0 aliphatic carbocycles. The summed E-state index contributed by atoms with van der Waals surface area (Å²) in [6.45, 7) is 1.37. The summed E-state index contributed by atoms with van der Waals surface area (Å²) in [6.07, 6.45) is -3.70. The van der Waals surface area contributed by atoms with Crippen LogP contribution in [-0.4, -0.2) is 49.7 Å². The number of carbonyl (C=O) groups is 5. The van der Waals surface area contributed by atoms with Crippen molar-refractivity contribution in [2.75, 3.05) is 7.11 Å². The summed E-state index contributed by atoms with van der Waals surface area (Å²) in [4.78, 5) is 57.2. The smallest absolute Gasteiger partial charge is 0.469 e. The highest BCUT2D eigenvalue weighted by Crippen LogP contribution is 2.42. The van der Waals surface area contributed by atoms with Gasteiger partial charge in [-0.05, 0) is 6.92 Å². The SMILES string of the molecule is COC(=O)C(CC=O)C1OC(=O)OC1C1(C)CC(=O)OC1=O. The van der Waals surface area contributed by atoms with Crippen molar-refractivity contribution in [1.82, 2.24) is 0 Å². The third-order valence-electron chi connectivity index (χ3n) is 3.82. The van der Waals surface area contributed by atoms with E-state index in [1.54, 1.807) is 0 Å². The second-order valence-corrected chi connectivity index (χ2v) is 5.26. The molecule has 2 aliphatic rings. The van der Waals surface area contributed by atoms with Crippen molar-refractivity contribution < 1.29 is 42.9 Å². The first-order valence-electron chi connectivity index (χ1n) is 6.47. The highest BCUT2D eigenvalue weighted by molar-refractivity contribution is 5.98. The molecule has 0 aromatic heterocycles. The van der Waals surface area contributed by atoms with Crippen molar-refractivity contribution in [3.63, 3.8) is 0 Å². The molecule has 4 unspecified atom stereocenters. The number of carbonyl (C=O) groups excluding carboxylic acids is 5. The predicted octanol–water partition coefficient (Wildman–Crippen LogP) is -0.252. The van der Waals surface area contributed by atoms with E-state index in [2.05, 4.69) is 9.47 Å². The zero-order chi connectivity index (χ0) is 16.5. The Kier molecular flexibility index (Phi) is 4.16. The number of hydrogen-bond acceptors (Lipinski definition) is 9. The second-order valence-electron chi connectivity index (χ2n) is 5.26. The van der Waals surface area contributed by atoms with Gasteiger partial charge in [-0.25, -0.2) is 4.79 Å². The molecule has 0 radical (unpaired) electrons. The van der Waals surface area contributed by atoms with Crippen molar-refractivity contribution in [2.45, 2.75) is 32.0 Å². The number of esters is 3. The molecule has 0 aromatic carbocycles. The lowest BCUT2D eigenvalue weighted by atomic mass is 9.76. The van der Waals surface area contributed by atoms with Gasteiger partial charge in [-0.1, -0.05) is 0 Å². The number of ether oxygens (including phenoxy) is 4. The molecule has 0 spiro atoms. The molecular formula is C13H14O9. The summed E-state index contributed by atoms with van der Waals surface area (Å²) in [5.41, 5.74) is -1.48. The molecule has 4 atom stereocenters. The van der Waals surface area contributed by atoms with Gasteiger partial charge < -0.3 is 23.7 Å². The van der Waals surface area contributed by atoms with Crippen LogP contribution in [0.5, 0.6) is 0 Å². The zero-order valence-electron chi connectivity index (χ0n) is 11.9. The van der Waals surface area contributed by atoms with E-state index in [0.29, 0.717) is 6.29 Å². The van der Waals surface area contributed by atoms with E-state index in [1.807, 2.05) is 0 Å². The molecule has 9 nitrogen and oxygen atoms in total. The quantitative estimate of drug-likeness (QED) is 0.292. The average Bonchev–Trinajstić information content (AvgIpc) is 2.96. The number of rotatable bonds is 5. The Morgan fingerprint density at radius 3 is 2.59 bits per heavy atom. The lowest BCUT2D eigenvalue weighted by Crippen LogP contribution is -2.47. The Labute approximate surface area is 124 Å². The zero-order valence-corrected chi connectivity index (χ0v) is 11.9. The maximum Gasteiger partial charge on any atom is 0.509 e. The minimum Gasteiger partial charge on any atom is -0.469 e. The summed E-state index contributed by atoms with van der Waals surface area (Å²) in [6, 6.07) is 0. The monoisotopic (exact) mass is 314 g/mol. The number of hydrogen-bond donors (Lipinski definition) is 0. The van der Waals surface area contributed by atoms with Gasteiger partial charge in [0.05, 0.1) is 13.5 Å². The molecule has 0 amide bonds. The van der Waals surface area contributed by atoms with Gasteiger partial charge in [0.1, 0.15) is 17.6 Å². The van der Waals surface area contributed by atoms with Gasteiger partial charge >= 0.3 is 24.1 Å². The van der Waals surface area contributed by atoms with Gasteiger partial charge in [-0.3, -0.25) is 14.4 Å². The summed E-state index contributed by atoms with van der Waals surface area (Å²) in [5.74, 6) is -3.57. The molecule has 9 heteroatoms. The Hall–Kier alpha value is -2.45. The Morgan fingerprint density at radius 2 is 2.09 bits per heavy atom. The minimum absolute atomic E-state index is 0.288. The maximum atomic E-state index is 11.9. The molecule has 0 aromatic rings. The van der Waals surface area contributed by atoms with Crippen LogP contribution in [0.4, 0.5) is 4.79 Å². The largest absolute Gasteiger partial charge is 0.509 e. The van der Waals surface area contributed by atoms with Crippen LogP contribution < -0.4 is 0 Å². The van der Waals surface area contributed by atoms with Crippen LogP contribution in [0, 0.1) is 11.3 Å². The molecule has 2 fully saturated rings. The van der Waals surface area contributed by atoms with Crippen LogP contribution in [0.1, 0.15) is 19.8 Å². The Balaban J connectivity index is 2.34. The first-order chi connectivity index (χ1) is 10.3. The average molecular weight is 314 g/mol. The molecule has 2 rings (SSSR count). The molecule has 0 N–H and O–H groups in total. The van der Waals surface area contributed by atoms with Crippen molar-refractivity contribution in [3.05, 3.63) is 0 Å². The summed E-state index contributed by atoms with van der Waals surface area (Å²) in [5, 5.41) is 0. The fraction of sp³-hybridized carbons (Fsp3) is 0.615. The van der Waals surface area contributed by atoms with Crippen LogP contribution in [0.3, 0.4) is 0 Å². The fourth-order valence-electron chi connectivity index (χ4n) is 2.62. The molecule has 120 valence electrons. The first kappa shape index (κ1) is 15.9. The lowest BCUT2D eigenvalue weighted by Gasteiger charge is -2.29. The minimum atomic E-state index is -1.48. The van der Waals surface area contributed by atoms with Gasteiger partial charge in [-0.2, -0.15) is 0 Å². The van der Waals surface area contributed by atoms with Crippen molar-refractivity contribution in [2.24, 2.45) is 11.3 Å². The Bertz CT molecular complexity index is 540. The van der Waals surface area contributed by atoms with Crippen molar-refractivity contribution >= 4 is 30.3 Å². The molecule has 2 heterocycles. The van der Waals surface area contributed by atoms with Crippen molar-refractivity contribution in [1.29, 1.82) is 0 Å². The molecule has 22 heavy (non-hydrogen) atoms. The standard InChI is InChI=1S/C13H14O9/c1-13(5-7(15)20-11(13)17)9-8(21-12(18)22-9)6(3-4-14)10(16)19-2/h4,6,8-9H,3,5H2,1-2H3. The van der Waals surface area contributed by atoms with E-state index in [9.17, 15) is 24.0 Å². The molecular weight excluding hydrogens is 300 g/mol. The maximum absolute atomic E-state index is 11.9. The topological polar surface area (TPSA) is 122 Å². The highest BCUT2D eigenvalue weighted by atomic mass is 16.8. The number of cyclic esters (lactones) is 4. The molecule has 0 bridgehead atoms. The molecule has 0 saturated carbocycles. The van der Waals surface area contributed by atoms with Gasteiger partial charge in [-0.15, -0.1) is 0 Å². The van der Waals surface area contributed by atoms with Crippen LogP contribution in [0.25, 0.3) is 0 Å². The third kappa shape index (κ3) is 2.53. The van der Waals surface area contributed by atoms with Crippen LogP contribution >= 0.6 is 0 Å². The summed E-state index contributed by atoms with van der Waals surface area (Å²) in [7, 11) is 1.11. The number of methoxy groups -OCH3 is 1. The van der Waals surface area contributed by atoms with Gasteiger partial charge in [0.15, 0.2) is 12.2 Å². The van der Waals surface area contributed by atoms with E-state index >= 15 is 0 Å². The van der Waals surface area contributed by atoms with E-state index in [-0.39, 0.29) is 12.8 Å². The normalized spacial score (nSPS) is 32.0. The van der Waals surface area contributed by atoms with Crippen LogP contribution in [0.2, 0.25) is 0 Å². The highest BCUT2D eigenvalue weighted by Gasteiger charge is 2.61. The summed E-state index contributed by atoms with van der Waals surface area (Å²) < 4.78 is 19.0. The number of aldehydes is 1. The van der Waals surface area contributed by atoms with Gasteiger partial charge in [0, 0.05) is 6.42 Å². The summed E-state index contributed by atoms with van der Waals surface area (Å²) >= 11 is 0. The van der Waals surface area contributed by atoms with Gasteiger partial charge in [0.25, 0.3) is 0 Å². The second kappa shape index (κ2) is 5.74.